The molecule has 2 aromatic heterocycles. The number of alkyl halides is 6. The number of hydrazine groups is 1. The number of aromatic amines is 1. The summed E-state index contributed by atoms with van der Waals surface area (Å²) in [5, 5.41) is 0.294. The summed E-state index contributed by atoms with van der Waals surface area (Å²) in [6.45, 7) is 1.25. The molecule has 0 amide bonds. The van der Waals surface area contributed by atoms with E-state index in [2.05, 4.69) is 9.82 Å². The van der Waals surface area contributed by atoms with Crippen molar-refractivity contribution in [3.63, 3.8) is 0 Å². The number of halogens is 8. The van der Waals surface area contributed by atoms with E-state index in [1.54, 1.807) is 18.4 Å². The maximum atomic E-state index is 14.9. The van der Waals surface area contributed by atoms with Crippen LogP contribution in [0.15, 0.2) is 35.3 Å². The standard InChI is InChI=1S/C25H19ClF7N5O4/c1-11-6-17-21(40)34-10-14(37(17)20(11)26)7-12-2-3-16(27)15(8-12)19(39)13-4-5-36-18(9-13)38(35-22(36)24(28,29)30)42-23(41)25(31,32)33/h2-3,6,8,10,13,18H,4-5,7,9H2,1H3,(H,34,40)/p+1. The molecule has 0 spiro atoms. The average molecular weight is 623 g/mol. The molecular formula is C25H20ClF7N5O4+. The highest BCUT2D eigenvalue weighted by atomic mass is 35.5. The fraction of sp³-hybridized carbons (Fsp3) is 0.360. The number of carbonyl (C=O) groups is 2. The summed E-state index contributed by atoms with van der Waals surface area (Å²) in [5.41, 5.74) is 2.71. The molecule has 1 saturated heterocycles. The van der Waals surface area contributed by atoms with E-state index in [-0.39, 0.29) is 34.2 Å². The topological polar surface area (TPSA) is 98.9 Å². The maximum Gasteiger partial charge on any atom is 0.496 e. The highest BCUT2D eigenvalue weighted by Crippen LogP contribution is 2.33. The molecule has 2 N–H and O–H groups in total. The number of hydroxylamine groups is 1. The first-order valence-corrected chi connectivity index (χ1v) is 12.7. The van der Waals surface area contributed by atoms with Crippen LogP contribution in [0.5, 0.6) is 0 Å². The van der Waals surface area contributed by atoms with Crippen LogP contribution in [-0.2, 0) is 16.1 Å². The normalized spacial score (nSPS) is 19.6. The van der Waals surface area contributed by atoms with Crippen LogP contribution in [0.3, 0.4) is 0 Å². The summed E-state index contributed by atoms with van der Waals surface area (Å²) in [6, 6.07) is 5.28. The summed E-state index contributed by atoms with van der Waals surface area (Å²) in [4.78, 5) is 43.7. The second kappa shape index (κ2) is 10.4. The summed E-state index contributed by atoms with van der Waals surface area (Å²) >= 11 is 6.36. The number of aryl methyl sites for hydroxylation is 1. The maximum absolute atomic E-state index is 14.9. The van der Waals surface area contributed by atoms with Gasteiger partial charge in [0.2, 0.25) is 6.17 Å². The zero-order valence-electron chi connectivity index (χ0n) is 21.4. The largest absolute Gasteiger partial charge is 0.496 e. The van der Waals surface area contributed by atoms with Gasteiger partial charge in [0.1, 0.15) is 16.5 Å². The Morgan fingerprint density at radius 1 is 1.17 bits per heavy atom. The van der Waals surface area contributed by atoms with Crippen molar-refractivity contribution in [3.8, 4) is 0 Å². The van der Waals surface area contributed by atoms with E-state index in [0.29, 0.717) is 21.4 Å². The number of carbonyl (C=O) groups excluding carboxylic acids is 2. The number of nitrogens with one attached hydrogen (secondary N) is 2. The Hall–Kier alpha value is -3.92. The molecule has 0 radical (unpaired) electrons. The molecule has 0 saturated carbocycles. The van der Waals surface area contributed by atoms with Crippen molar-refractivity contribution in [1.82, 2.24) is 20.0 Å². The summed E-state index contributed by atoms with van der Waals surface area (Å²) in [5.74, 6) is -7.07. The Bertz CT molecular complexity index is 1690. The van der Waals surface area contributed by atoms with E-state index in [1.165, 1.54) is 22.7 Å². The third-order valence-corrected chi connectivity index (χ3v) is 7.55. The zero-order valence-corrected chi connectivity index (χ0v) is 22.1. The fourth-order valence-electron chi connectivity index (χ4n) is 5.14. The molecule has 9 nitrogen and oxygen atoms in total. The molecule has 5 rings (SSSR count). The molecule has 1 aromatic carbocycles. The van der Waals surface area contributed by atoms with Crippen LogP contribution in [0.2, 0.25) is 5.15 Å². The van der Waals surface area contributed by atoms with E-state index in [4.69, 9.17) is 11.6 Å². The Balaban J connectivity index is 1.42. The van der Waals surface area contributed by atoms with E-state index in [0.717, 1.165) is 6.07 Å². The first-order chi connectivity index (χ1) is 19.6. The van der Waals surface area contributed by atoms with Gasteiger partial charge in [0.05, 0.1) is 17.3 Å². The molecule has 3 aromatic rings. The van der Waals surface area contributed by atoms with Gasteiger partial charge in [-0.3, -0.25) is 14.0 Å². The van der Waals surface area contributed by atoms with Crippen LogP contribution in [0.4, 0.5) is 30.7 Å². The summed E-state index contributed by atoms with van der Waals surface area (Å²) in [6.07, 6.45) is -11.4. The molecule has 224 valence electrons. The molecule has 17 heteroatoms. The van der Waals surface area contributed by atoms with Crippen LogP contribution in [0.1, 0.15) is 40.0 Å². The number of amidine groups is 1. The van der Waals surface area contributed by atoms with E-state index < -0.39 is 66.4 Å². The van der Waals surface area contributed by atoms with Gasteiger partial charge < -0.3 is 9.82 Å². The highest BCUT2D eigenvalue weighted by molar-refractivity contribution is 6.30. The van der Waals surface area contributed by atoms with Crippen LogP contribution in [0.25, 0.3) is 5.52 Å². The second-order valence-corrected chi connectivity index (χ2v) is 10.2. The van der Waals surface area contributed by atoms with Gasteiger partial charge >= 0.3 is 24.2 Å². The van der Waals surface area contributed by atoms with Crippen LogP contribution in [-0.4, -0.2) is 61.8 Å². The van der Waals surface area contributed by atoms with Crippen LogP contribution in [0, 0.1) is 18.7 Å². The molecule has 2 aliphatic rings. The lowest BCUT2D eigenvalue weighted by atomic mass is 9.87. The quantitative estimate of drug-likeness (QED) is 0.253. The minimum atomic E-state index is -5.50. The third kappa shape index (κ3) is 5.35. The summed E-state index contributed by atoms with van der Waals surface area (Å²) in [7, 11) is 0. The number of hydrogen-bond donors (Lipinski definition) is 2. The van der Waals surface area contributed by atoms with Crippen molar-refractivity contribution < 1.29 is 49.7 Å². The molecule has 2 atom stereocenters. The first kappa shape index (κ1) is 29.6. The van der Waals surface area contributed by atoms with E-state index >= 15 is 0 Å². The van der Waals surface area contributed by atoms with Gasteiger partial charge in [0, 0.05) is 30.7 Å². The van der Waals surface area contributed by atoms with Gasteiger partial charge in [-0.25, -0.2) is 13.8 Å². The number of nitrogens with zero attached hydrogens (tertiary/aromatic N) is 3. The van der Waals surface area contributed by atoms with Crippen LogP contribution < -0.4 is 11.0 Å². The number of piperidine rings is 1. The number of ketones is 1. The van der Waals surface area contributed by atoms with Gasteiger partial charge in [0.25, 0.3) is 5.56 Å². The minimum Gasteiger partial charge on any atom is -0.326 e. The van der Waals surface area contributed by atoms with Crippen molar-refractivity contribution in [3.05, 3.63) is 74.2 Å². The van der Waals surface area contributed by atoms with Crippen molar-refractivity contribution in [2.24, 2.45) is 5.92 Å². The Labute approximate surface area is 236 Å². The number of H-pyrrole nitrogens is 1. The lowest BCUT2D eigenvalue weighted by molar-refractivity contribution is -0.608. The lowest BCUT2D eigenvalue weighted by Crippen LogP contribution is -2.49. The predicted octanol–water partition coefficient (Wildman–Crippen LogP) is 4.05. The van der Waals surface area contributed by atoms with Crippen molar-refractivity contribution >= 4 is 34.7 Å². The molecule has 2 aliphatic heterocycles. The first-order valence-electron chi connectivity index (χ1n) is 12.3. The molecule has 4 heterocycles. The van der Waals surface area contributed by atoms with Gasteiger partial charge in [-0.1, -0.05) is 17.7 Å². The highest BCUT2D eigenvalue weighted by Gasteiger charge is 2.58. The van der Waals surface area contributed by atoms with Gasteiger partial charge in [-0.2, -0.15) is 31.8 Å². The fourth-order valence-corrected chi connectivity index (χ4v) is 5.39. The number of aromatic nitrogens is 2. The van der Waals surface area contributed by atoms with Gasteiger partial charge in [-0.15, -0.1) is 0 Å². The molecule has 2 unspecified atom stereocenters. The Kier molecular flexibility index (Phi) is 7.33. The van der Waals surface area contributed by atoms with Crippen molar-refractivity contribution in [1.29, 1.82) is 0 Å². The summed E-state index contributed by atoms with van der Waals surface area (Å²) < 4.78 is 95.9. The zero-order chi connectivity index (χ0) is 30.7. The molecule has 0 aliphatic carbocycles. The molecular weight excluding hydrogens is 603 g/mol. The molecule has 42 heavy (non-hydrogen) atoms. The predicted molar refractivity (Wildman–Crippen MR) is 131 cm³/mol. The SMILES string of the molecule is Cc1cc2c(=O)[nH]cc(Cc3ccc(F)c(C(=O)C4CC[N+]5=C(C(F)(F)F)NN(OC(=O)C(F)(F)F)C5C4)c3)n2c1Cl. The second-order valence-electron chi connectivity index (χ2n) is 9.86. The average Bonchev–Trinajstić information content (AvgIpc) is 3.43. The van der Waals surface area contributed by atoms with E-state index in [1.807, 2.05) is 0 Å². The van der Waals surface area contributed by atoms with Gasteiger partial charge in [0.15, 0.2) is 5.78 Å². The third-order valence-electron chi connectivity index (χ3n) is 7.09. The number of rotatable bonds is 5. The molecule has 0 bridgehead atoms. The van der Waals surface area contributed by atoms with E-state index in [9.17, 15) is 45.1 Å². The molecule has 1 fully saturated rings. The number of hydrogen-bond acceptors (Lipinski definition) is 6. The van der Waals surface area contributed by atoms with Crippen molar-refractivity contribution in [2.45, 2.75) is 44.7 Å². The lowest BCUT2D eigenvalue weighted by Gasteiger charge is -2.28. The van der Waals surface area contributed by atoms with Crippen LogP contribution >= 0.6 is 11.6 Å². The number of Topliss-reactive ketones (excluding diaryl/α,β-unsaturated/α-hetero) is 1. The Morgan fingerprint density at radius 2 is 1.88 bits per heavy atom. The monoisotopic (exact) mass is 622 g/mol. The van der Waals surface area contributed by atoms with Gasteiger partial charge in [-0.05, 0) is 42.7 Å². The van der Waals surface area contributed by atoms with Crippen molar-refractivity contribution in [2.75, 3.05) is 6.54 Å². The Morgan fingerprint density at radius 3 is 2.55 bits per heavy atom. The minimum absolute atomic E-state index is 0.00903. The number of benzene rings is 1. The number of fused-ring (bicyclic) bond motifs is 2. The smallest absolute Gasteiger partial charge is 0.326 e.